The molecule has 1 aliphatic rings. The molecule has 1 aliphatic heterocycles. The summed E-state index contributed by atoms with van der Waals surface area (Å²) in [6, 6.07) is 6.25. The minimum Gasteiger partial charge on any atom is -0.487 e. The Kier molecular flexibility index (Phi) is 4.22. The fourth-order valence-electron chi connectivity index (χ4n) is 2.14. The van der Waals surface area contributed by atoms with Crippen LogP contribution in [0.15, 0.2) is 18.2 Å². The Balaban J connectivity index is 1.93. The molecule has 0 aliphatic carbocycles. The molecular weight excluding hydrogens is 230 g/mol. The first kappa shape index (κ1) is 13.3. The lowest BCUT2D eigenvalue weighted by Crippen LogP contribution is -2.25. The first-order valence-electron chi connectivity index (χ1n) is 6.26. The highest BCUT2D eigenvalue weighted by molar-refractivity contribution is 5.45. The summed E-state index contributed by atoms with van der Waals surface area (Å²) in [5.74, 6) is 1.00. The second kappa shape index (κ2) is 5.69. The van der Waals surface area contributed by atoms with Crippen molar-refractivity contribution in [1.29, 1.82) is 0 Å². The van der Waals surface area contributed by atoms with Crippen molar-refractivity contribution in [3.05, 3.63) is 29.3 Å². The number of ether oxygens (including phenoxy) is 2. The van der Waals surface area contributed by atoms with Crippen LogP contribution in [0, 0.1) is 0 Å². The summed E-state index contributed by atoms with van der Waals surface area (Å²) in [5, 5.41) is 0. The van der Waals surface area contributed by atoms with Crippen LogP contribution in [-0.4, -0.2) is 25.9 Å². The standard InChI is InChI=1S/C14H21NO3/c1-14(2)9-11-5-4-6-12(13(11)18-14)10-15-17-8-7-16-3/h4-6,15H,7-10H2,1-3H3. The lowest BCUT2D eigenvalue weighted by molar-refractivity contribution is 0.00293. The van der Waals surface area contributed by atoms with E-state index in [9.17, 15) is 0 Å². The summed E-state index contributed by atoms with van der Waals surface area (Å²) < 4.78 is 10.9. The van der Waals surface area contributed by atoms with Crippen LogP contribution < -0.4 is 10.2 Å². The monoisotopic (exact) mass is 251 g/mol. The van der Waals surface area contributed by atoms with Crippen molar-refractivity contribution in [2.75, 3.05) is 20.3 Å². The number of nitrogens with one attached hydrogen (secondary N) is 1. The third-order valence-corrected chi connectivity index (χ3v) is 2.93. The number of methoxy groups -OCH3 is 1. The van der Waals surface area contributed by atoms with Crippen molar-refractivity contribution >= 4 is 0 Å². The van der Waals surface area contributed by atoms with Gasteiger partial charge in [-0.25, -0.2) is 0 Å². The highest BCUT2D eigenvalue weighted by atomic mass is 16.7. The van der Waals surface area contributed by atoms with Crippen molar-refractivity contribution in [3.63, 3.8) is 0 Å². The Morgan fingerprint density at radius 1 is 1.33 bits per heavy atom. The van der Waals surface area contributed by atoms with Crippen LogP contribution in [0.25, 0.3) is 0 Å². The number of hydroxylamine groups is 1. The van der Waals surface area contributed by atoms with E-state index in [4.69, 9.17) is 14.3 Å². The van der Waals surface area contributed by atoms with Gasteiger partial charge in [-0.05, 0) is 19.4 Å². The number of fused-ring (bicyclic) bond motifs is 1. The van der Waals surface area contributed by atoms with Gasteiger partial charge >= 0.3 is 0 Å². The molecule has 2 rings (SSSR count). The second-order valence-corrected chi connectivity index (χ2v) is 5.11. The van der Waals surface area contributed by atoms with E-state index in [2.05, 4.69) is 37.5 Å². The maximum Gasteiger partial charge on any atom is 0.128 e. The number of para-hydroxylation sites is 1. The van der Waals surface area contributed by atoms with Crippen molar-refractivity contribution in [1.82, 2.24) is 5.48 Å². The van der Waals surface area contributed by atoms with Crippen LogP contribution in [0.4, 0.5) is 0 Å². The molecular formula is C14H21NO3. The lowest BCUT2D eigenvalue weighted by Gasteiger charge is -2.18. The van der Waals surface area contributed by atoms with Gasteiger partial charge < -0.3 is 9.47 Å². The van der Waals surface area contributed by atoms with Gasteiger partial charge in [0.25, 0.3) is 0 Å². The SMILES string of the molecule is COCCONCc1cccc2c1OC(C)(C)C2. The molecule has 4 nitrogen and oxygen atoms in total. The van der Waals surface area contributed by atoms with Crippen LogP contribution in [-0.2, 0) is 22.5 Å². The fraction of sp³-hybridized carbons (Fsp3) is 0.571. The van der Waals surface area contributed by atoms with E-state index in [1.54, 1.807) is 7.11 Å². The highest BCUT2D eigenvalue weighted by Crippen LogP contribution is 2.37. The van der Waals surface area contributed by atoms with Crippen molar-refractivity contribution < 1.29 is 14.3 Å². The van der Waals surface area contributed by atoms with Crippen LogP contribution in [0.1, 0.15) is 25.0 Å². The number of hydrogen-bond acceptors (Lipinski definition) is 4. The van der Waals surface area contributed by atoms with Crippen LogP contribution in [0.3, 0.4) is 0 Å². The third kappa shape index (κ3) is 3.22. The van der Waals surface area contributed by atoms with Crippen molar-refractivity contribution in [3.8, 4) is 5.75 Å². The molecule has 0 atom stereocenters. The van der Waals surface area contributed by atoms with Gasteiger partial charge in [0.05, 0.1) is 13.2 Å². The van der Waals surface area contributed by atoms with E-state index >= 15 is 0 Å². The topological polar surface area (TPSA) is 39.7 Å². The molecule has 1 heterocycles. The zero-order valence-corrected chi connectivity index (χ0v) is 11.3. The van der Waals surface area contributed by atoms with Gasteiger partial charge in [0.2, 0.25) is 0 Å². The molecule has 1 aromatic rings. The summed E-state index contributed by atoms with van der Waals surface area (Å²) in [7, 11) is 1.66. The average Bonchev–Trinajstić information content (AvgIpc) is 2.63. The molecule has 0 aromatic heterocycles. The minimum absolute atomic E-state index is 0.102. The molecule has 0 bridgehead atoms. The van der Waals surface area contributed by atoms with Gasteiger partial charge in [0.15, 0.2) is 0 Å². The zero-order chi connectivity index (χ0) is 13.0. The predicted octanol–water partition coefficient (Wildman–Crippen LogP) is 2.07. The fourth-order valence-corrected chi connectivity index (χ4v) is 2.14. The number of benzene rings is 1. The van der Waals surface area contributed by atoms with Crippen LogP contribution >= 0.6 is 0 Å². The third-order valence-electron chi connectivity index (χ3n) is 2.93. The number of rotatable bonds is 6. The molecule has 0 amide bonds. The molecule has 0 saturated carbocycles. The van der Waals surface area contributed by atoms with Gasteiger partial charge in [0, 0.05) is 25.6 Å². The quantitative estimate of drug-likeness (QED) is 0.620. The summed E-state index contributed by atoms with van der Waals surface area (Å²) in [6.07, 6.45) is 0.959. The van der Waals surface area contributed by atoms with Crippen LogP contribution in [0.5, 0.6) is 5.75 Å². The molecule has 100 valence electrons. The Labute approximate surface area is 108 Å². The molecule has 1 aromatic carbocycles. The second-order valence-electron chi connectivity index (χ2n) is 5.11. The van der Waals surface area contributed by atoms with Crippen LogP contribution in [0.2, 0.25) is 0 Å². The molecule has 0 saturated heterocycles. The van der Waals surface area contributed by atoms with Gasteiger partial charge in [-0.15, -0.1) is 0 Å². The van der Waals surface area contributed by atoms with E-state index in [0.29, 0.717) is 19.8 Å². The van der Waals surface area contributed by atoms with Gasteiger partial charge in [-0.1, -0.05) is 18.2 Å². The largest absolute Gasteiger partial charge is 0.487 e. The first-order valence-corrected chi connectivity index (χ1v) is 6.26. The molecule has 0 fully saturated rings. The summed E-state index contributed by atoms with van der Waals surface area (Å²) in [6.45, 7) is 5.99. The van der Waals surface area contributed by atoms with Gasteiger partial charge in [-0.3, -0.25) is 4.84 Å². The molecule has 0 spiro atoms. The Morgan fingerprint density at radius 2 is 2.17 bits per heavy atom. The summed E-state index contributed by atoms with van der Waals surface area (Å²) >= 11 is 0. The lowest BCUT2D eigenvalue weighted by atomic mass is 10.0. The Hall–Kier alpha value is -1.10. The van der Waals surface area contributed by atoms with Gasteiger partial charge in [-0.2, -0.15) is 5.48 Å². The summed E-state index contributed by atoms with van der Waals surface area (Å²) in [4.78, 5) is 5.26. The Morgan fingerprint density at radius 3 is 2.94 bits per heavy atom. The molecule has 18 heavy (non-hydrogen) atoms. The maximum absolute atomic E-state index is 5.98. The highest BCUT2D eigenvalue weighted by Gasteiger charge is 2.31. The van der Waals surface area contributed by atoms with E-state index in [1.165, 1.54) is 5.56 Å². The maximum atomic E-state index is 5.98. The van der Waals surface area contributed by atoms with E-state index in [-0.39, 0.29) is 5.60 Å². The smallest absolute Gasteiger partial charge is 0.128 e. The molecule has 0 unspecified atom stereocenters. The minimum atomic E-state index is -0.102. The zero-order valence-electron chi connectivity index (χ0n) is 11.3. The van der Waals surface area contributed by atoms with Gasteiger partial charge in [0.1, 0.15) is 11.4 Å². The van der Waals surface area contributed by atoms with E-state index < -0.39 is 0 Å². The molecule has 4 heteroatoms. The molecule has 1 N–H and O–H groups in total. The summed E-state index contributed by atoms with van der Waals surface area (Å²) in [5.41, 5.74) is 5.24. The van der Waals surface area contributed by atoms with Crippen molar-refractivity contribution in [2.24, 2.45) is 0 Å². The molecule has 0 radical (unpaired) electrons. The normalized spacial score (nSPS) is 16.4. The van der Waals surface area contributed by atoms with E-state index in [0.717, 1.165) is 17.7 Å². The first-order chi connectivity index (χ1) is 8.62. The van der Waals surface area contributed by atoms with E-state index in [1.807, 2.05) is 0 Å². The Bertz CT molecular complexity index is 404. The predicted molar refractivity (Wildman–Crippen MR) is 69.5 cm³/mol. The number of hydrogen-bond donors (Lipinski definition) is 1. The average molecular weight is 251 g/mol. The van der Waals surface area contributed by atoms with Crippen molar-refractivity contribution in [2.45, 2.75) is 32.4 Å².